The molecule has 1 saturated heterocycles. The van der Waals surface area contributed by atoms with Gasteiger partial charge < -0.3 is 9.84 Å². The summed E-state index contributed by atoms with van der Waals surface area (Å²) in [5.41, 5.74) is 2.75. The van der Waals surface area contributed by atoms with Gasteiger partial charge in [0.1, 0.15) is 12.4 Å². The predicted molar refractivity (Wildman–Crippen MR) is 110 cm³/mol. The predicted octanol–water partition coefficient (Wildman–Crippen LogP) is 4.28. The van der Waals surface area contributed by atoms with Crippen LogP contribution in [0.4, 0.5) is 0 Å². The van der Waals surface area contributed by atoms with Crippen molar-refractivity contribution in [1.82, 2.24) is 4.90 Å². The molecule has 3 nitrogen and oxygen atoms in total. The molecule has 3 heteroatoms. The molecule has 0 bridgehead atoms. The van der Waals surface area contributed by atoms with Crippen LogP contribution in [-0.2, 0) is 13.0 Å². The van der Waals surface area contributed by atoms with E-state index in [9.17, 15) is 0 Å². The molecule has 0 aromatic heterocycles. The number of hydrogen-bond acceptors (Lipinski definition) is 3. The number of hydrogen-bond donors (Lipinski definition) is 1. The molecule has 0 radical (unpaired) electrons. The molecule has 140 valence electrons. The Morgan fingerprint density at radius 1 is 1.00 bits per heavy atom. The highest BCUT2D eigenvalue weighted by Gasteiger charge is 2.23. The van der Waals surface area contributed by atoms with Gasteiger partial charge in [-0.15, -0.1) is 0 Å². The molecular weight excluding hydrogens is 334 g/mol. The van der Waals surface area contributed by atoms with Crippen LogP contribution >= 0.6 is 0 Å². The van der Waals surface area contributed by atoms with Crippen molar-refractivity contribution >= 4 is 10.8 Å². The Hall–Kier alpha value is -2.36. The summed E-state index contributed by atoms with van der Waals surface area (Å²) < 4.78 is 5.53. The average Bonchev–Trinajstić information content (AvgIpc) is 3.14. The molecule has 1 atom stereocenters. The summed E-state index contributed by atoms with van der Waals surface area (Å²) in [7, 11) is 0. The number of nitrogens with zero attached hydrogens (tertiary/aromatic N) is 1. The van der Waals surface area contributed by atoms with Crippen LogP contribution in [0, 0.1) is 5.92 Å². The fourth-order valence-corrected chi connectivity index (χ4v) is 4.16. The smallest absolute Gasteiger partial charge is 0.119 e. The van der Waals surface area contributed by atoms with E-state index in [0.717, 1.165) is 31.8 Å². The highest BCUT2D eigenvalue weighted by atomic mass is 16.5. The van der Waals surface area contributed by atoms with Crippen molar-refractivity contribution in [3.05, 3.63) is 77.9 Å². The quantitative estimate of drug-likeness (QED) is 0.682. The third-order valence-electron chi connectivity index (χ3n) is 5.42. The van der Waals surface area contributed by atoms with E-state index in [1.807, 2.05) is 12.1 Å². The third-order valence-corrected chi connectivity index (χ3v) is 5.42. The molecule has 1 N–H and O–H groups in total. The zero-order valence-electron chi connectivity index (χ0n) is 15.7. The van der Waals surface area contributed by atoms with Gasteiger partial charge in [0.05, 0.1) is 6.61 Å². The van der Waals surface area contributed by atoms with E-state index < -0.39 is 0 Å². The second-order valence-electron chi connectivity index (χ2n) is 7.45. The lowest BCUT2D eigenvalue weighted by molar-refractivity contribution is 0.201. The van der Waals surface area contributed by atoms with Crippen molar-refractivity contribution in [2.45, 2.75) is 19.4 Å². The Balaban J connectivity index is 1.37. The lowest BCUT2D eigenvalue weighted by Gasteiger charge is -2.17. The summed E-state index contributed by atoms with van der Waals surface area (Å²) in [6, 6.07) is 23.6. The Morgan fingerprint density at radius 3 is 2.78 bits per heavy atom. The zero-order chi connectivity index (χ0) is 18.5. The van der Waals surface area contributed by atoms with E-state index in [1.165, 1.54) is 28.3 Å². The molecule has 1 aliphatic rings. The van der Waals surface area contributed by atoms with E-state index >= 15 is 0 Å². The lowest BCUT2D eigenvalue weighted by Crippen LogP contribution is -2.20. The topological polar surface area (TPSA) is 32.7 Å². The van der Waals surface area contributed by atoms with Crippen molar-refractivity contribution in [2.24, 2.45) is 5.92 Å². The van der Waals surface area contributed by atoms with Crippen molar-refractivity contribution in [1.29, 1.82) is 0 Å². The second kappa shape index (κ2) is 8.55. The Bertz CT molecular complexity index is 887. The maximum absolute atomic E-state index is 8.91. The summed E-state index contributed by atoms with van der Waals surface area (Å²) in [4.78, 5) is 2.54. The SMILES string of the molecule is OCCOc1cccc(CN2CC[C@@H](Cc3cccc4ccccc34)C2)c1. The molecule has 1 fully saturated rings. The number of fused-ring (bicyclic) bond motifs is 1. The van der Waals surface area contributed by atoms with Gasteiger partial charge in [0.15, 0.2) is 0 Å². The Morgan fingerprint density at radius 2 is 1.85 bits per heavy atom. The van der Waals surface area contributed by atoms with Gasteiger partial charge in [0.2, 0.25) is 0 Å². The molecule has 0 aliphatic carbocycles. The van der Waals surface area contributed by atoms with Gasteiger partial charge in [-0.05, 0) is 59.3 Å². The Labute approximate surface area is 161 Å². The maximum atomic E-state index is 8.91. The molecule has 0 saturated carbocycles. The van der Waals surface area contributed by atoms with Crippen LogP contribution < -0.4 is 4.74 Å². The summed E-state index contributed by atoms with van der Waals surface area (Å²) in [6.45, 7) is 3.65. The monoisotopic (exact) mass is 361 g/mol. The first-order valence-electron chi connectivity index (χ1n) is 9.83. The number of aliphatic hydroxyl groups excluding tert-OH is 1. The summed E-state index contributed by atoms with van der Waals surface area (Å²) in [5.74, 6) is 1.55. The van der Waals surface area contributed by atoms with Crippen LogP contribution in [0.15, 0.2) is 66.7 Å². The molecule has 4 rings (SSSR count). The maximum Gasteiger partial charge on any atom is 0.119 e. The highest BCUT2D eigenvalue weighted by Crippen LogP contribution is 2.27. The molecular formula is C24H27NO2. The fraction of sp³-hybridized carbons (Fsp3) is 0.333. The zero-order valence-corrected chi connectivity index (χ0v) is 15.7. The number of ether oxygens (including phenoxy) is 1. The third kappa shape index (κ3) is 4.49. The van der Waals surface area contributed by atoms with Gasteiger partial charge in [-0.3, -0.25) is 4.90 Å². The van der Waals surface area contributed by atoms with Crippen LogP contribution in [0.3, 0.4) is 0 Å². The van der Waals surface area contributed by atoms with E-state index in [1.54, 1.807) is 0 Å². The summed E-state index contributed by atoms with van der Waals surface area (Å²) >= 11 is 0. The molecule has 3 aromatic carbocycles. The van der Waals surface area contributed by atoms with Gasteiger partial charge in [0.25, 0.3) is 0 Å². The number of rotatable bonds is 7. The van der Waals surface area contributed by atoms with Crippen molar-refractivity contribution in [3.63, 3.8) is 0 Å². The van der Waals surface area contributed by atoms with Gasteiger partial charge in [-0.25, -0.2) is 0 Å². The van der Waals surface area contributed by atoms with E-state index in [2.05, 4.69) is 59.5 Å². The van der Waals surface area contributed by atoms with Crippen molar-refractivity contribution in [3.8, 4) is 5.75 Å². The minimum atomic E-state index is 0.0478. The number of aliphatic hydroxyl groups is 1. The van der Waals surface area contributed by atoms with Gasteiger partial charge in [0, 0.05) is 13.1 Å². The minimum absolute atomic E-state index is 0.0478. The van der Waals surface area contributed by atoms with Gasteiger partial charge in [-0.1, -0.05) is 54.6 Å². The first kappa shape index (κ1) is 18.0. The lowest BCUT2D eigenvalue weighted by atomic mass is 9.94. The molecule has 1 heterocycles. The van der Waals surface area contributed by atoms with Crippen molar-refractivity contribution in [2.75, 3.05) is 26.3 Å². The van der Waals surface area contributed by atoms with Gasteiger partial charge >= 0.3 is 0 Å². The number of benzene rings is 3. The average molecular weight is 361 g/mol. The van der Waals surface area contributed by atoms with Crippen LogP contribution in [-0.4, -0.2) is 36.3 Å². The molecule has 0 spiro atoms. The molecule has 0 unspecified atom stereocenters. The fourth-order valence-electron chi connectivity index (χ4n) is 4.16. The first-order chi connectivity index (χ1) is 13.3. The number of likely N-dealkylation sites (tertiary alicyclic amines) is 1. The second-order valence-corrected chi connectivity index (χ2v) is 7.45. The molecule has 0 amide bonds. The standard InChI is InChI=1S/C24H27NO2/c26-13-14-27-23-9-3-5-19(16-23)17-25-12-11-20(18-25)15-22-8-4-7-21-6-1-2-10-24(21)22/h1-10,16,20,26H,11-15,17-18H2/t20-/m0/s1. The highest BCUT2D eigenvalue weighted by molar-refractivity contribution is 5.85. The van der Waals surface area contributed by atoms with Crippen molar-refractivity contribution < 1.29 is 9.84 Å². The van der Waals surface area contributed by atoms with Crippen LogP contribution in [0.25, 0.3) is 10.8 Å². The largest absolute Gasteiger partial charge is 0.491 e. The molecule has 27 heavy (non-hydrogen) atoms. The minimum Gasteiger partial charge on any atom is -0.491 e. The Kier molecular flexibility index (Phi) is 5.71. The van der Waals surface area contributed by atoms with E-state index in [4.69, 9.17) is 9.84 Å². The van der Waals surface area contributed by atoms with Crippen LogP contribution in [0.2, 0.25) is 0 Å². The van der Waals surface area contributed by atoms with Gasteiger partial charge in [-0.2, -0.15) is 0 Å². The van der Waals surface area contributed by atoms with E-state index in [-0.39, 0.29) is 6.61 Å². The summed E-state index contributed by atoms with van der Waals surface area (Å²) in [5, 5.41) is 11.6. The van der Waals surface area contributed by atoms with Crippen LogP contribution in [0.1, 0.15) is 17.5 Å². The molecule has 1 aliphatic heterocycles. The summed E-state index contributed by atoms with van der Waals surface area (Å²) in [6.07, 6.45) is 2.40. The first-order valence-corrected chi connectivity index (χ1v) is 9.83. The van der Waals surface area contributed by atoms with Crippen LogP contribution in [0.5, 0.6) is 5.75 Å². The van der Waals surface area contributed by atoms with E-state index in [0.29, 0.717) is 12.5 Å². The molecule has 3 aromatic rings. The normalized spacial score (nSPS) is 17.4.